The van der Waals surface area contributed by atoms with E-state index in [1.54, 1.807) is 4.90 Å². The maximum absolute atomic E-state index is 12.3. The summed E-state index contributed by atoms with van der Waals surface area (Å²) in [5.41, 5.74) is 0.848. The number of likely N-dealkylation sites (N-methyl/N-ethyl adjacent to an activating group) is 2. The van der Waals surface area contributed by atoms with Gasteiger partial charge in [0.05, 0.1) is 10.9 Å². The maximum atomic E-state index is 12.3. The second-order valence-electron chi connectivity index (χ2n) is 4.68. The lowest BCUT2D eigenvalue weighted by atomic mass is 10.3. The van der Waals surface area contributed by atoms with E-state index < -0.39 is 10.0 Å². The molecule has 1 heterocycles. The Balaban J connectivity index is 2.82. The molecule has 0 bridgehead atoms. The lowest BCUT2D eigenvalue weighted by Gasteiger charge is -2.24. The third kappa shape index (κ3) is 4.81. The SMILES string of the molecule is C=C(C)CN(CC)C(=O)CN(C)S(=O)(=O)c1ccc(Cl)s1. The molecule has 0 aliphatic carbocycles. The monoisotopic (exact) mass is 350 g/mol. The van der Waals surface area contributed by atoms with E-state index in [4.69, 9.17) is 11.6 Å². The van der Waals surface area contributed by atoms with E-state index in [0.717, 1.165) is 21.2 Å². The first kappa shape index (κ1) is 18.2. The van der Waals surface area contributed by atoms with Crippen LogP contribution in [-0.4, -0.2) is 50.2 Å². The zero-order valence-electron chi connectivity index (χ0n) is 12.3. The molecule has 0 unspecified atom stereocenters. The summed E-state index contributed by atoms with van der Waals surface area (Å²) in [6.07, 6.45) is 0. The summed E-state index contributed by atoms with van der Waals surface area (Å²) in [6, 6.07) is 2.96. The van der Waals surface area contributed by atoms with Crippen molar-refractivity contribution in [1.29, 1.82) is 0 Å². The van der Waals surface area contributed by atoms with Crippen molar-refractivity contribution in [3.63, 3.8) is 0 Å². The third-order valence-corrected chi connectivity index (χ3v) is 6.27. The smallest absolute Gasteiger partial charge is 0.252 e. The van der Waals surface area contributed by atoms with Crippen molar-refractivity contribution in [2.75, 3.05) is 26.7 Å². The standard InChI is InChI=1S/C13H19ClN2O3S2/c1-5-16(8-10(2)3)12(17)9-15(4)21(18,19)13-7-6-11(14)20-13/h6-7H,2,5,8-9H2,1,3-4H3. The van der Waals surface area contributed by atoms with Gasteiger partial charge in [-0.2, -0.15) is 4.31 Å². The first-order valence-electron chi connectivity index (χ1n) is 6.32. The molecule has 0 N–H and O–H groups in total. The Labute approximate surface area is 134 Å². The summed E-state index contributed by atoms with van der Waals surface area (Å²) in [7, 11) is -2.30. The number of amides is 1. The van der Waals surface area contributed by atoms with Crippen molar-refractivity contribution in [3.05, 3.63) is 28.6 Å². The minimum absolute atomic E-state index is 0.130. The van der Waals surface area contributed by atoms with E-state index >= 15 is 0 Å². The van der Waals surface area contributed by atoms with Gasteiger partial charge >= 0.3 is 0 Å². The molecule has 1 amide bonds. The molecule has 0 radical (unpaired) electrons. The number of nitrogens with zero attached hydrogens (tertiary/aromatic N) is 2. The summed E-state index contributed by atoms with van der Waals surface area (Å²) in [5, 5.41) is 0. The van der Waals surface area contributed by atoms with Crippen LogP contribution in [0.1, 0.15) is 13.8 Å². The van der Waals surface area contributed by atoms with Crippen LogP contribution in [0.25, 0.3) is 0 Å². The predicted molar refractivity (Wildman–Crippen MR) is 86.2 cm³/mol. The van der Waals surface area contributed by atoms with E-state index in [0.29, 0.717) is 17.4 Å². The fourth-order valence-corrected chi connectivity index (χ4v) is 4.48. The van der Waals surface area contributed by atoms with Crippen molar-refractivity contribution in [2.45, 2.75) is 18.1 Å². The molecule has 0 aromatic carbocycles. The number of rotatable bonds is 7. The van der Waals surface area contributed by atoms with Gasteiger partial charge in [-0.3, -0.25) is 4.79 Å². The molecule has 0 spiro atoms. The summed E-state index contributed by atoms with van der Waals surface area (Å²) in [6.45, 7) is 8.15. The Morgan fingerprint density at radius 2 is 2.00 bits per heavy atom. The quantitative estimate of drug-likeness (QED) is 0.710. The minimum Gasteiger partial charge on any atom is -0.338 e. The first-order chi connectivity index (χ1) is 9.68. The summed E-state index contributed by atoms with van der Waals surface area (Å²) in [5.74, 6) is -0.255. The van der Waals surface area contributed by atoms with Crippen LogP contribution in [0.4, 0.5) is 0 Å². The Bertz CT molecular complexity index is 625. The molecule has 0 atom stereocenters. The molecule has 0 saturated carbocycles. The number of hydrogen-bond donors (Lipinski definition) is 0. The van der Waals surface area contributed by atoms with Gasteiger partial charge in [-0.15, -0.1) is 11.3 Å². The Morgan fingerprint density at radius 1 is 1.38 bits per heavy atom. The normalized spacial score (nSPS) is 11.7. The molecule has 0 fully saturated rings. The number of carbonyl (C=O) groups is 1. The molecule has 5 nitrogen and oxygen atoms in total. The van der Waals surface area contributed by atoms with Gasteiger partial charge in [-0.25, -0.2) is 8.42 Å². The number of hydrogen-bond acceptors (Lipinski definition) is 4. The fraction of sp³-hybridized carbons (Fsp3) is 0.462. The predicted octanol–water partition coefficient (Wildman–Crippen LogP) is 2.45. The van der Waals surface area contributed by atoms with Crippen LogP contribution >= 0.6 is 22.9 Å². The largest absolute Gasteiger partial charge is 0.338 e. The highest BCUT2D eigenvalue weighted by molar-refractivity contribution is 7.91. The topological polar surface area (TPSA) is 57.7 Å². The second-order valence-corrected chi connectivity index (χ2v) is 8.67. The van der Waals surface area contributed by atoms with Crippen molar-refractivity contribution >= 4 is 38.9 Å². The molecule has 0 aliphatic rings. The number of halogens is 1. The number of carbonyl (C=O) groups excluding carboxylic acids is 1. The van der Waals surface area contributed by atoms with E-state index in [1.165, 1.54) is 19.2 Å². The van der Waals surface area contributed by atoms with Crippen molar-refractivity contribution < 1.29 is 13.2 Å². The van der Waals surface area contributed by atoms with Gasteiger partial charge in [0.15, 0.2) is 0 Å². The highest BCUT2D eigenvalue weighted by Gasteiger charge is 2.26. The zero-order chi connectivity index (χ0) is 16.2. The van der Waals surface area contributed by atoms with Crippen molar-refractivity contribution in [3.8, 4) is 0 Å². The van der Waals surface area contributed by atoms with Crippen LogP contribution < -0.4 is 0 Å². The van der Waals surface area contributed by atoms with Crippen LogP contribution in [0.15, 0.2) is 28.5 Å². The lowest BCUT2D eigenvalue weighted by molar-refractivity contribution is -0.130. The Hall–Kier alpha value is -0.890. The highest BCUT2D eigenvalue weighted by atomic mass is 35.5. The van der Waals surface area contributed by atoms with E-state index in [1.807, 2.05) is 13.8 Å². The third-order valence-electron chi connectivity index (χ3n) is 2.77. The molecular formula is C13H19ClN2O3S2. The minimum atomic E-state index is -3.69. The molecular weight excluding hydrogens is 332 g/mol. The highest BCUT2D eigenvalue weighted by Crippen LogP contribution is 2.27. The molecule has 118 valence electrons. The van der Waals surface area contributed by atoms with E-state index in [2.05, 4.69) is 6.58 Å². The molecule has 0 saturated heterocycles. The summed E-state index contributed by atoms with van der Waals surface area (Å²) in [4.78, 5) is 13.7. The van der Waals surface area contributed by atoms with Gasteiger partial charge in [0.1, 0.15) is 4.21 Å². The molecule has 8 heteroatoms. The summed E-state index contributed by atoms with van der Waals surface area (Å²) < 4.78 is 26.2. The van der Waals surface area contributed by atoms with Gasteiger partial charge in [0, 0.05) is 20.1 Å². The number of sulfonamides is 1. The first-order valence-corrected chi connectivity index (χ1v) is 8.95. The molecule has 1 aromatic heterocycles. The van der Waals surface area contributed by atoms with Gasteiger partial charge in [-0.05, 0) is 26.0 Å². The van der Waals surface area contributed by atoms with E-state index in [-0.39, 0.29) is 16.7 Å². The van der Waals surface area contributed by atoms with Gasteiger partial charge in [0.2, 0.25) is 5.91 Å². The van der Waals surface area contributed by atoms with Crippen LogP contribution in [0.2, 0.25) is 4.34 Å². The van der Waals surface area contributed by atoms with Crippen molar-refractivity contribution in [1.82, 2.24) is 9.21 Å². The van der Waals surface area contributed by atoms with Crippen LogP contribution in [0.3, 0.4) is 0 Å². The average Bonchev–Trinajstić information content (AvgIpc) is 2.82. The lowest BCUT2D eigenvalue weighted by Crippen LogP contribution is -2.41. The van der Waals surface area contributed by atoms with Crippen LogP contribution in [-0.2, 0) is 14.8 Å². The van der Waals surface area contributed by atoms with Gasteiger partial charge in [-0.1, -0.05) is 23.8 Å². The fourth-order valence-electron chi connectivity index (χ4n) is 1.67. The molecule has 0 aliphatic heterocycles. The zero-order valence-corrected chi connectivity index (χ0v) is 14.7. The van der Waals surface area contributed by atoms with Crippen LogP contribution in [0.5, 0.6) is 0 Å². The maximum Gasteiger partial charge on any atom is 0.252 e. The Kier molecular flexibility index (Phi) is 6.40. The average molecular weight is 351 g/mol. The summed E-state index contributed by atoms with van der Waals surface area (Å²) >= 11 is 6.73. The van der Waals surface area contributed by atoms with Gasteiger partial charge in [0.25, 0.3) is 10.0 Å². The van der Waals surface area contributed by atoms with E-state index in [9.17, 15) is 13.2 Å². The second kappa shape index (κ2) is 7.40. The van der Waals surface area contributed by atoms with Crippen molar-refractivity contribution in [2.24, 2.45) is 0 Å². The Morgan fingerprint density at radius 3 is 2.43 bits per heavy atom. The van der Waals surface area contributed by atoms with Crippen LogP contribution in [0, 0.1) is 0 Å². The molecule has 1 aromatic rings. The van der Waals surface area contributed by atoms with Gasteiger partial charge < -0.3 is 4.90 Å². The molecule has 1 rings (SSSR count). The number of thiophene rings is 1. The molecule has 21 heavy (non-hydrogen) atoms.